The molecule has 3 nitrogen and oxygen atoms in total. The van der Waals surface area contributed by atoms with Gasteiger partial charge in [-0.1, -0.05) is 70.1 Å². The molecule has 1 rings (SSSR count). The summed E-state index contributed by atoms with van der Waals surface area (Å²) in [4.78, 5) is 11.1. The smallest absolute Gasteiger partial charge is 0.546 e. The van der Waals surface area contributed by atoms with E-state index in [1.54, 1.807) is 12.1 Å². The van der Waals surface area contributed by atoms with Crippen molar-refractivity contribution in [1.82, 2.24) is 0 Å². The summed E-state index contributed by atoms with van der Waals surface area (Å²) in [6, 6.07) is 9.07. The molecule has 118 valence electrons. The van der Waals surface area contributed by atoms with Crippen molar-refractivity contribution in [3.63, 3.8) is 0 Å². The van der Waals surface area contributed by atoms with Gasteiger partial charge in [-0.25, -0.2) is 0 Å². The fourth-order valence-corrected chi connectivity index (χ4v) is 2.35. The van der Waals surface area contributed by atoms with Gasteiger partial charge in [-0.3, -0.25) is 0 Å². The predicted octanol–water partition coefficient (Wildman–Crippen LogP) is 0.719. The molecular formula is C18H27NaO3. The molecule has 0 aliphatic carbocycles. The van der Waals surface area contributed by atoms with Crippen LogP contribution < -0.4 is 39.4 Å². The second kappa shape index (κ2) is 14.1. The standard InChI is InChI=1S/C18H28O3.Na/c1-2-3-4-5-6-7-8-12-15-17(18(19)20)21-16-13-10-9-11-14-16;/h9-11,13-14,17H,2-8,12,15H2,1H3,(H,19,20);/q;+1/p-1. The third-order valence-electron chi connectivity index (χ3n) is 3.60. The Morgan fingerprint density at radius 2 is 1.55 bits per heavy atom. The Bertz CT molecular complexity index is 381. The van der Waals surface area contributed by atoms with Crippen LogP contribution in [0, 0.1) is 0 Å². The van der Waals surface area contributed by atoms with E-state index in [-0.39, 0.29) is 29.6 Å². The van der Waals surface area contributed by atoms with Crippen molar-refractivity contribution in [1.29, 1.82) is 0 Å². The molecule has 0 bridgehead atoms. The van der Waals surface area contributed by atoms with Crippen molar-refractivity contribution in [3.05, 3.63) is 30.3 Å². The summed E-state index contributed by atoms with van der Waals surface area (Å²) in [5, 5.41) is 11.1. The molecule has 0 fully saturated rings. The third kappa shape index (κ3) is 10.3. The molecule has 0 saturated carbocycles. The summed E-state index contributed by atoms with van der Waals surface area (Å²) in [5.74, 6) is -0.534. The molecule has 4 heteroatoms. The predicted molar refractivity (Wildman–Crippen MR) is 83.1 cm³/mol. The fraction of sp³-hybridized carbons (Fsp3) is 0.611. The van der Waals surface area contributed by atoms with Crippen LogP contribution in [0.5, 0.6) is 5.75 Å². The van der Waals surface area contributed by atoms with Gasteiger partial charge in [0.15, 0.2) is 0 Å². The Labute approximate surface area is 156 Å². The van der Waals surface area contributed by atoms with E-state index >= 15 is 0 Å². The molecule has 0 saturated heterocycles. The van der Waals surface area contributed by atoms with Crippen LogP contribution in [-0.2, 0) is 4.79 Å². The van der Waals surface area contributed by atoms with Crippen LogP contribution in [0.3, 0.4) is 0 Å². The van der Waals surface area contributed by atoms with Gasteiger partial charge in [0, 0.05) is 0 Å². The van der Waals surface area contributed by atoms with Gasteiger partial charge in [0.25, 0.3) is 0 Å². The van der Waals surface area contributed by atoms with Gasteiger partial charge in [-0.05, 0) is 25.0 Å². The van der Waals surface area contributed by atoms with Gasteiger partial charge < -0.3 is 14.6 Å². The number of carbonyl (C=O) groups excluding carboxylic acids is 1. The number of carbonyl (C=O) groups is 1. The van der Waals surface area contributed by atoms with Gasteiger partial charge in [0.05, 0.1) is 5.97 Å². The number of carboxylic acid groups (broad SMARTS) is 1. The van der Waals surface area contributed by atoms with Crippen molar-refractivity contribution >= 4 is 5.97 Å². The van der Waals surface area contributed by atoms with Crippen LogP contribution in [0.25, 0.3) is 0 Å². The number of benzene rings is 1. The number of hydrogen-bond acceptors (Lipinski definition) is 3. The van der Waals surface area contributed by atoms with Gasteiger partial charge >= 0.3 is 29.6 Å². The van der Waals surface area contributed by atoms with Gasteiger partial charge in [-0.15, -0.1) is 0 Å². The Balaban J connectivity index is 0.00000441. The third-order valence-corrected chi connectivity index (χ3v) is 3.60. The molecule has 0 radical (unpaired) electrons. The second-order valence-electron chi connectivity index (χ2n) is 5.50. The summed E-state index contributed by atoms with van der Waals surface area (Å²) in [7, 11) is 0. The second-order valence-corrected chi connectivity index (χ2v) is 5.50. The maximum absolute atomic E-state index is 11.1. The fourth-order valence-electron chi connectivity index (χ4n) is 2.35. The van der Waals surface area contributed by atoms with E-state index in [1.165, 1.54) is 38.5 Å². The average Bonchev–Trinajstić information content (AvgIpc) is 2.49. The van der Waals surface area contributed by atoms with Crippen molar-refractivity contribution in [3.8, 4) is 5.75 Å². The van der Waals surface area contributed by atoms with E-state index in [0.29, 0.717) is 12.2 Å². The summed E-state index contributed by atoms with van der Waals surface area (Å²) in [5.41, 5.74) is 0. The molecule has 0 amide bonds. The first-order valence-corrected chi connectivity index (χ1v) is 8.16. The number of ether oxygens (including phenoxy) is 1. The summed E-state index contributed by atoms with van der Waals surface area (Å²) in [6.45, 7) is 2.22. The molecule has 0 heterocycles. The van der Waals surface area contributed by atoms with Crippen molar-refractivity contribution < 1.29 is 44.2 Å². The molecule has 22 heavy (non-hydrogen) atoms. The zero-order valence-electron chi connectivity index (χ0n) is 14.1. The van der Waals surface area contributed by atoms with Crippen molar-refractivity contribution in [2.75, 3.05) is 0 Å². The Morgan fingerprint density at radius 1 is 1.00 bits per heavy atom. The number of carboxylic acids is 1. The van der Waals surface area contributed by atoms with Crippen molar-refractivity contribution in [2.45, 2.75) is 70.8 Å². The van der Waals surface area contributed by atoms with Gasteiger partial charge in [-0.2, -0.15) is 0 Å². The topological polar surface area (TPSA) is 49.4 Å². The van der Waals surface area contributed by atoms with Crippen LogP contribution >= 0.6 is 0 Å². The maximum atomic E-state index is 11.1. The molecule has 1 atom stereocenters. The Morgan fingerprint density at radius 3 is 2.09 bits per heavy atom. The van der Waals surface area contributed by atoms with Gasteiger partial charge in [0.1, 0.15) is 11.9 Å². The number of para-hydroxylation sites is 1. The van der Waals surface area contributed by atoms with E-state index in [1.807, 2.05) is 18.2 Å². The van der Waals surface area contributed by atoms with E-state index in [2.05, 4.69) is 6.92 Å². The maximum Gasteiger partial charge on any atom is 1.00 e. The molecule has 0 aliphatic heterocycles. The zero-order chi connectivity index (χ0) is 15.3. The van der Waals surface area contributed by atoms with Gasteiger partial charge in [0.2, 0.25) is 0 Å². The van der Waals surface area contributed by atoms with Crippen LogP contribution in [0.4, 0.5) is 0 Å². The first-order chi connectivity index (χ1) is 10.2. The Hall–Kier alpha value is -0.510. The summed E-state index contributed by atoms with van der Waals surface area (Å²) in [6.07, 6.45) is 9.23. The van der Waals surface area contributed by atoms with Crippen LogP contribution in [0.15, 0.2) is 30.3 Å². The quantitative estimate of drug-likeness (QED) is 0.422. The molecule has 0 aromatic heterocycles. The SMILES string of the molecule is CCCCCCCCCCC(Oc1ccccc1)C(=O)[O-].[Na+]. The first kappa shape index (κ1) is 21.5. The minimum atomic E-state index is -1.12. The van der Waals surface area contributed by atoms with Crippen LogP contribution in [0.2, 0.25) is 0 Å². The van der Waals surface area contributed by atoms with E-state index < -0.39 is 12.1 Å². The number of unbranched alkanes of at least 4 members (excludes halogenated alkanes) is 7. The van der Waals surface area contributed by atoms with E-state index in [4.69, 9.17) is 4.74 Å². The normalized spacial score (nSPS) is 11.5. The van der Waals surface area contributed by atoms with E-state index in [9.17, 15) is 9.90 Å². The van der Waals surface area contributed by atoms with E-state index in [0.717, 1.165) is 12.8 Å². The number of hydrogen-bond donors (Lipinski definition) is 0. The monoisotopic (exact) mass is 314 g/mol. The number of rotatable bonds is 12. The summed E-state index contributed by atoms with van der Waals surface area (Å²) < 4.78 is 5.47. The molecule has 0 N–H and O–H groups in total. The average molecular weight is 314 g/mol. The zero-order valence-corrected chi connectivity index (χ0v) is 16.1. The minimum Gasteiger partial charge on any atom is -0.546 e. The molecule has 0 aliphatic rings. The molecule has 1 unspecified atom stereocenters. The van der Waals surface area contributed by atoms with Crippen molar-refractivity contribution in [2.24, 2.45) is 0 Å². The first-order valence-electron chi connectivity index (χ1n) is 8.16. The van der Waals surface area contributed by atoms with Crippen LogP contribution in [-0.4, -0.2) is 12.1 Å². The molecule has 1 aromatic rings. The van der Waals surface area contributed by atoms with Crippen LogP contribution in [0.1, 0.15) is 64.7 Å². The summed E-state index contributed by atoms with van der Waals surface area (Å²) >= 11 is 0. The molecule has 0 spiro atoms. The molecular weight excluding hydrogens is 287 g/mol. The minimum absolute atomic E-state index is 0. The molecule has 1 aromatic carbocycles. The Kier molecular flexibility index (Phi) is 13.8. The largest absolute Gasteiger partial charge is 1.00 e. The number of aliphatic carboxylic acids is 1.